The zero-order valence-electron chi connectivity index (χ0n) is 8.80. The molecule has 0 bridgehead atoms. The predicted molar refractivity (Wildman–Crippen MR) is 43.8 cm³/mol. The molecule has 1 saturated carbocycles. The van der Waals surface area contributed by atoms with Crippen molar-refractivity contribution in [2.75, 3.05) is 6.56 Å². The summed E-state index contributed by atoms with van der Waals surface area (Å²) < 4.78 is 14.0. The van der Waals surface area contributed by atoms with Gasteiger partial charge in [0.05, 0.1) is 2.74 Å². The van der Waals surface area contributed by atoms with Crippen LogP contribution in [0.15, 0.2) is 0 Å². The highest BCUT2D eigenvalue weighted by Crippen LogP contribution is 2.22. The highest BCUT2D eigenvalue weighted by molar-refractivity contribution is 4.78. The minimum Gasteiger partial charge on any atom is -0.396 e. The smallest absolute Gasteiger partial charge is 0.0567 e. The lowest BCUT2D eigenvalue weighted by Crippen LogP contribution is -2.26. The van der Waals surface area contributed by atoms with E-state index in [9.17, 15) is 0 Å². The molecule has 62 valence electrons. The second kappa shape index (κ2) is 5.69. The quantitative estimate of drug-likeness (QED) is 0.584. The Bertz CT molecular complexity index is 125. The monoisotopic (exact) mass is 147 g/mol. The SMILES string of the molecule is CC.[2H]C([2H])(O)C1CCCC1N. The van der Waals surface area contributed by atoms with Crippen LogP contribution in [-0.4, -0.2) is 17.7 Å². The van der Waals surface area contributed by atoms with Crippen LogP contribution < -0.4 is 5.73 Å². The van der Waals surface area contributed by atoms with Crippen LogP contribution in [0.1, 0.15) is 35.9 Å². The lowest BCUT2D eigenvalue weighted by Gasteiger charge is -2.09. The Morgan fingerprint density at radius 3 is 2.40 bits per heavy atom. The molecule has 0 radical (unpaired) electrons. The summed E-state index contributed by atoms with van der Waals surface area (Å²) in [4.78, 5) is 0. The maximum absolute atomic E-state index is 8.94. The van der Waals surface area contributed by atoms with Crippen molar-refractivity contribution in [2.45, 2.75) is 39.2 Å². The summed E-state index contributed by atoms with van der Waals surface area (Å²) in [6.07, 6.45) is 2.49. The van der Waals surface area contributed by atoms with Gasteiger partial charge in [0, 0.05) is 12.6 Å². The van der Waals surface area contributed by atoms with Crippen molar-refractivity contribution in [3.05, 3.63) is 0 Å². The van der Waals surface area contributed by atoms with Crippen molar-refractivity contribution in [2.24, 2.45) is 11.7 Å². The summed E-state index contributed by atoms with van der Waals surface area (Å²) in [5, 5.41) is 8.94. The lowest BCUT2D eigenvalue weighted by molar-refractivity contribution is 0.218. The number of aliphatic hydroxyl groups is 1. The fraction of sp³-hybridized carbons (Fsp3) is 1.00. The van der Waals surface area contributed by atoms with E-state index in [2.05, 4.69) is 0 Å². The molecule has 10 heavy (non-hydrogen) atoms. The van der Waals surface area contributed by atoms with Gasteiger partial charge in [0.15, 0.2) is 0 Å². The van der Waals surface area contributed by atoms with Crippen LogP contribution in [0, 0.1) is 5.92 Å². The highest BCUT2D eigenvalue weighted by atomic mass is 16.3. The average molecular weight is 147 g/mol. The molecule has 2 atom stereocenters. The molecule has 2 nitrogen and oxygen atoms in total. The van der Waals surface area contributed by atoms with Gasteiger partial charge in [0.2, 0.25) is 0 Å². The van der Waals surface area contributed by atoms with Crippen molar-refractivity contribution in [1.82, 2.24) is 0 Å². The third-order valence-corrected chi connectivity index (χ3v) is 1.74. The molecular weight excluding hydrogens is 126 g/mol. The fourth-order valence-corrected chi connectivity index (χ4v) is 1.15. The van der Waals surface area contributed by atoms with Gasteiger partial charge in [-0.05, 0) is 18.8 Å². The van der Waals surface area contributed by atoms with E-state index >= 15 is 0 Å². The first-order chi connectivity index (χ1) is 5.52. The van der Waals surface area contributed by atoms with Crippen LogP contribution in [0.3, 0.4) is 0 Å². The van der Waals surface area contributed by atoms with Gasteiger partial charge in [0.25, 0.3) is 0 Å². The summed E-state index contributed by atoms with van der Waals surface area (Å²) in [5.41, 5.74) is 5.57. The summed E-state index contributed by atoms with van der Waals surface area (Å²) in [5.74, 6) is -0.354. The molecule has 2 heteroatoms. The van der Waals surface area contributed by atoms with Gasteiger partial charge in [0.1, 0.15) is 0 Å². The van der Waals surface area contributed by atoms with Gasteiger partial charge in [-0.2, -0.15) is 0 Å². The van der Waals surface area contributed by atoms with Gasteiger partial charge in [-0.15, -0.1) is 0 Å². The van der Waals surface area contributed by atoms with E-state index in [1.165, 1.54) is 0 Å². The van der Waals surface area contributed by atoms with Crippen LogP contribution in [0.25, 0.3) is 0 Å². The molecule has 0 aromatic rings. The lowest BCUT2D eigenvalue weighted by atomic mass is 10.1. The zero-order chi connectivity index (χ0) is 9.78. The maximum atomic E-state index is 8.94. The van der Waals surface area contributed by atoms with Gasteiger partial charge in [-0.1, -0.05) is 20.3 Å². The van der Waals surface area contributed by atoms with Crippen LogP contribution >= 0.6 is 0 Å². The minimum absolute atomic E-state index is 0.153. The molecule has 2 unspecified atom stereocenters. The van der Waals surface area contributed by atoms with Crippen molar-refractivity contribution < 1.29 is 7.85 Å². The molecule has 0 amide bonds. The minimum atomic E-state index is -2.07. The van der Waals surface area contributed by atoms with E-state index in [4.69, 9.17) is 13.6 Å². The van der Waals surface area contributed by atoms with E-state index in [0.717, 1.165) is 12.8 Å². The molecule has 0 aromatic heterocycles. The van der Waals surface area contributed by atoms with Crippen molar-refractivity contribution in [1.29, 1.82) is 0 Å². The van der Waals surface area contributed by atoms with Gasteiger partial charge in [-0.3, -0.25) is 0 Å². The van der Waals surface area contributed by atoms with Crippen molar-refractivity contribution in [3.63, 3.8) is 0 Å². The number of nitrogens with two attached hydrogens (primary N) is 1. The van der Waals surface area contributed by atoms with Crippen LogP contribution in [0.2, 0.25) is 0 Å². The Kier molecular flexibility index (Phi) is 3.76. The van der Waals surface area contributed by atoms with E-state index in [1.54, 1.807) is 0 Å². The van der Waals surface area contributed by atoms with E-state index in [0.29, 0.717) is 6.42 Å². The first kappa shape index (κ1) is 6.62. The molecule has 1 aliphatic rings. The number of rotatable bonds is 1. The normalized spacial score (nSPS) is 35.6. The molecule has 0 aliphatic heterocycles. The average Bonchev–Trinajstić information content (AvgIpc) is 2.38. The topological polar surface area (TPSA) is 46.2 Å². The van der Waals surface area contributed by atoms with Gasteiger partial charge in [-0.25, -0.2) is 0 Å². The molecule has 0 heterocycles. The Hall–Kier alpha value is -0.0800. The van der Waals surface area contributed by atoms with Crippen LogP contribution in [0.5, 0.6) is 0 Å². The first-order valence-corrected chi connectivity index (χ1v) is 4.00. The van der Waals surface area contributed by atoms with E-state index in [-0.39, 0.29) is 12.0 Å². The molecule has 0 aromatic carbocycles. The van der Waals surface area contributed by atoms with Crippen LogP contribution in [-0.2, 0) is 0 Å². The summed E-state index contributed by atoms with van der Waals surface area (Å²) in [6.45, 7) is 1.93. The van der Waals surface area contributed by atoms with Gasteiger partial charge >= 0.3 is 0 Å². The number of hydrogen-bond donors (Lipinski definition) is 2. The molecule has 1 fully saturated rings. The molecule has 0 saturated heterocycles. The van der Waals surface area contributed by atoms with Crippen molar-refractivity contribution >= 4 is 0 Å². The van der Waals surface area contributed by atoms with Gasteiger partial charge < -0.3 is 10.8 Å². The fourth-order valence-electron chi connectivity index (χ4n) is 1.15. The summed E-state index contributed by atoms with van der Waals surface area (Å²) in [6, 6.07) is -0.153. The third kappa shape index (κ3) is 2.67. The largest absolute Gasteiger partial charge is 0.396 e. The molecule has 1 aliphatic carbocycles. The van der Waals surface area contributed by atoms with Crippen molar-refractivity contribution in [3.8, 4) is 0 Å². The Balaban J connectivity index is 0.000000561. The Labute approximate surface area is 66.2 Å². The van der Waals surface area contributed by atoms with E-state index < -0.39 is 6.56 Å². The molecular formula is C8H19NO. The second-order valence-corrected chi connectivity index (χ2v) is 2.33. The second-order valence-electron chi connectivity index (χ2n) is 2.33. The third-order valence-electron chi connectivity index (χ3n) is 1.74. The standard InChI is InChI=1S/C6H13NO.C2H6/c7-6-3-1-2-5(6)4-8;1-2/h5-6,8H,1-4,7H2;1-2H3/i4D2;. The molecule has 1 rings (SSSR count). The number of hydrogen-bond acceptors (Lipinski definition) is 2. The maximum Gasteiger partial charge on any atom is 0.0567 e. The molecule has 3 N–H and O–H groups in total. The zero-order valence-corrected chi connectivity index (χ0v) is 6.80. The Morgan fingerprint density at radius 1 is 1.60 bits per heavy atom. The summed E-state index contributed by atoms with van der Waals surface area (Å²) in [7, 11) is 0. The summed E-state index contributed by atoms with van der Waals surface area (Å²) >= 11 is 0. The first-order valence-electron chi connectivity index (χ1n) is 5.00. The van der Waals surface area contributed by atoms with E-state index in [1.807, 2.05) is 13.8 Å². The molecule has 0 spiro atoms. The Morgan fingerprint density at radius 2 is 2.20 bits per heavy atom. The van der Waals surface area contributed by atoms with Crippen LogP contribution in [0.4, 0.5) is 0 Å². The highest BCUT2D eigenvalue weighted by Gasteiger charge is 2.22. The predicted octanol–water partition coefficient (Wildman–Crippen LogP) is 1.13.